The minimum absolute atomic E-state index is 0.0537. The number of rotatable bonds is 3. The Balaban J connectivity index is 1.85. The van der Waals surface area contributed by atoms with Crippen molar-refractivity contribution in [3.05, 3.63) is 23.8 Å². The van der Waals surface area contributed by atoms with Crippen LogP contribution in [-0.4, -0.2) is 20.4 Å². The summed E-state index contributed by atoms with van der Waals surface area (Å²) in [5.41, 5.74) is 1.46. The highest BCUT2D eigenvalue weighted by Crippen LogP contribution is 2.26. The van der Waals surface area contributed by atoms with Crippen LogP contribution in [0.5, 0.6) is 0 Å². The maximum absolute atomic E-state index is 12.3. The molecule has 0 radical (unpaired) electrons. The highest BCUT2D eigenvalue weighted by atomic mass is 32.2. The molecule has 102 valence electrons. The summed E-state index contributed by atoms with van der Waals surface area (Å²) >= 11 is 0. The zero-order valence-electron chi connectivity index (χ0n) is 10.5. The Bertz CT molecular complexity index is 619. The Labute approximate surface area is 112 Å². The lowest BCUT2D eigenvalue weighted by atomic mass is 10.2. The molecule has 5 nitrogen and oxygen atoms in total. The summed E-state index contributed by atoms with van der Waals surface area (Å²) in [6.45, 7) is 0. The normalized spacial score (nSPS) is 19.5. The van der Waals surface area contributed by atoms with Gasteiger partial charge in [0.25, 0.3) is 0 Å². The second-order valence-electron chi connectivity index (χ2n) is 5.15. The van der Waals surface area contributed by atoms with Crippen molar-refractivity contribution >= 4 is 21.6 Å². The number of hydrogen-bond acceptors (Lipinski definition) is 3. The van der Waals surface area contributed by atoms with Crippen LogP contribution >= 0.6 is 0 Å². The van der Waals surface area contributed by atoms with Crippen LogP contribution in [0.25, 0.3) is 0 Å². The highest BCUT2D eigenvalue weighted by molar-refractivity contribution is 7.89. The van der Waals surface area contributed by atoms with E-state index in [0.717, 1.165) is 31.2 Å². The van der Waals surface area contributed by atoms with E-state index in [-0.39, 0.29) is 23.3 Å². The summed E-state index contributed by atoms with van der Waals surface area (Å²) < 4.78 is 27.2. The fraction of sp³-hybridized carbons (Fsp3) is 0.462. The summed E-state index contributed by atoms with van der Waals surface area (Å²) in [4.78, 5) is 11.5. The Morgan fingerprint density at radius 2 is 1.95 bits per heavy atom. The predicted molar refractivity (Wildman–Crippen MR) is 71.4 cm³/mol. The van der Waals surface area contributed by atoms with Gasteiger partial charge in [-0.15, -0.1) is 0 Å². The van der Waals surface area contributed by atoms with Gasteiger partial charge in [0, 0.05) is 11.7 Å². The SMILES string of the molecule is O=C1Cc2cc(S(=O)(=O)NC3CCCC3)ccc2N1. The molecule has 19 heavy (non-hydrogen) atoms. The number of fused-ring (bicyclic) bond motifs is 1. The van der Waals surface area contributed by atoms with Crippen molar-refractivity contribution in [3.63, 3.8) is 0 Å². The second kappa shape index (κ2) is 4.61. The van der Waals surface area contributed by atoms with E-state index >= 15 is 0 Å². The third kappa shape index (κ3) is 2.50. The Morgan fingerprint density at radius 3 is 2.68 bits per heavy atom. The molecule has 0 bridgehead atoms. The van der Waals surface area contributed by atoms with Gasteiger partial charge in [0.05, 0.1) is 11.3 Å². The van der Waals surface area contributed by atoms with Crippen molar-refractivity contribution in [1.29, 1.82) is 0 Å². The predicted octanol–water partition coefficient (Wildman–Crippen LogP) is 1.40. The number of sulfonamides is 1. The van der Waals surface area contributed by atoms with Crippen molar-refractivity contribution in [2.24, 2.45) is 0 Å². The van der Waals surface area contributed by atoms with Gasteiger partial charge in [0.1, 0.15) is 0 Å². The first-order chi connectivity index (χ1) is 9.04. The summed E-state index contributed by atoms with van der Waals surface area (Å²) in [7, 11) is -3.47. The van der Waals surface area contributed by atoms with Gasteiger partial charge < -0.3 is 5.32 Å². The molecule has 2 aliphatic rings. The van der Waals surface area contributed by atoms with Gasteiger partial charge in [-0.3, -0.25) is 4.79 Å². The number of amides is 1. The monoisotopic (exact) mass is 280 g/mol. The Morgan fingerprint density at radius 1 is 1.21 bits per heavy atom. The van der Waals surface area contributed by atoms with Crippen LogP contribution in [0.1, 0.15) is 31.2 Å². The number of carbonyl (C=O) groups excluding carboxylic acids is 1. The van der Waals surface area contributed by atoms with Crippen LogP contribution in [0.15, 0.2) is 23.1 Å². The molecule has 0 unspecified atom stereocenters. The van der Waals surface area contributed by atoms with Crippen molar-refractivity contribution in [2.75, 3.05) is 5.32 Å². The number of carbonyl (C=O) groups is 1. The lowest BCUT2D eigenvalue weighted by Crippen LogP contribution is -2.32. The van der Waals surface area contributed by atoms with Crippen LogP contribution in [0.3, 0.4) is 0 Å². The van der Waals surface area contributed by atoms with Gasteiger partial charge in [0.15, 0.2) is 0 Å². The number of hydrogen-bond donors (Lipinski definition) is 2. The molecule has 2 N–H and O–H groups in total. The molecule has 0 spiro atoms. The standard InChI is InChI=1S/C13H16N2O3S/c16-13-8-9-7-11(5-6-12(9)14-13)19(17,18)15-10-3-1-2-4-10/h5-7,10,15H,1-4,8H2,(H,14,16). The van der Waals surface area contributed by atoms with E-state index in [9.17, 15) is 13.2 Å². The molecule has 1 aliphatic heterocycles. The number of anilines is 1. The van der Waals surface area contributed by atoms with Crippen LogP contribution in [0.4, 0.5) is 5.69 Å². The minimum atomic E-state index is -3.47. The maximum Gasteiger partial charge on any atom is 0.240 e. The van der Waals surface area contributed by atoms with Gasteiger partial charge >= 0.3 is 0 Å². The summed E-state index contributed by atoms with van der Waals surface area (Å²) in [5, 5.41) is 2.69. The topological polar surface area (TPSA) is 75.3 Å². The largest absolute Gasteiger partial charge is 0.326 e. The molecule has 1 aliphatic carbocycles. The van der Waals surface area contributed by atoms with E-state index in [1.807, 2.05) is 0 Å². The second-order valence-corrected chi connectivity index (χ2v) is 6.86. The zero-order chi connectivity index (χ0) is 13.5. The van der Waals surface area contributed by atoms with Crippen LogP contribution in [0.2, 0.25) is 0 Å². The molecule has 0 saturated heterocycles. The quantitative estimate of drug-likeness (QED) is 0.879. The molecule has 1 amide bonds. The van der Waals surface area contributed by atoms with E-state index in [1.165, 1.54) is 0 Å². The van der Waals surface area contributed by atoms with Gasteiger partial charge in [-0.2, -0.15) is 0 Å². The molecule has 1 aromatic rings. The van der Waals surface area contributed by atoms with E-state index < -0.39 is 10.0 Å². The van der Waals surface area contributed by atoms with Crippen LogP contribution in [0, 0.1) is 0 Å². The average Bonchev–Trinajstić information content (AvgIpc) is 2.95. The van der Waals surface area contributed by atoms with Crippen LogP contribution < -0.4 is 10.0 Å². The fourth-order valence-corrected chi connectivity index (χ4v) is 4.06. The molecular formula is C13H16N2O3S. The molecule has 6 heteroatoms. The zero-order valence-corrected chi connectivity index (χ0v) is 11.3. The van der Waals surface area contributed by atoms with Crippen molar-refractivity contribution in [3.8, 4) is 0 Å². The molecule has 0 aromatic heterocycles. The number of nitrogens with one attached hydrogen (secondary N) is 2. The lowest BCUT2D eigenvalue weighted by Gasteiger charge is -2.13. The lowest BCUT2D eigenvalue weighted by molar-refractivity contribution is -0.115. The van der Waals surface area contributed by atoms with Gasteiger partial charge in [-0.1, -0.05) is 12.8 Å². The molecule has 1 aromatic carbocycles. The van der Waals surface area contributed by atoms with Crippen LogP contribution in [-0.2, 0) is 21.2 Å². The molecule has 1 heterocycles. The summed E-state index contributed by atoms with van der Waals surface area (Å²) in [6.07, 6.45) is 4.22. The third-order valence-electron chi connectivity index (χ3n) is 3.69. The first-order valence-corrected chi connectivity index (χ1v) is 7.98. The Kier molecular flexibility index (Phi) is 3.06. The van der Waals surface area contributed by atoms with E-state index in [0.29, 0.717) is 5.69 Å². The Hall–Kier alpha value is -1.40. The molecule has 1 fully saturated rings. The minimum Gasteiger partial charge on any atom is -0.326 e. The van der Waals surface area contributed by atoms with Gasteiger partial charge in [-0.25, -0.2) is 13.1 Å². The average molecular weight is 280 g/mol. The maximum atomic E-state index is 12.3. The molecule has 3 rings (SSSR count). The smallest absolute Gasteiger partial charge is 0.240 e. The molecule has 1 saturated carbocycles. The van der Waals surface area contributed by atoms with Gasteiger partial charge in [0.2, 0.25) is 15.9 Å². The third-order valence-corrected chi connectivity index (χ3v) is 5.21. The van der Waals surface area contributed by atoms with Gasteiger partial charge in [-0.05, 0) is 36.6 Å². The summed E-state index contributed by atoms with van der Waals surface area (Å²) in [6, 6.07) is 4.84. The molecular weight excluding hydrogens is 264 g/mol. The highest BCUT2D eigenvalue weighted by Gasteiger charge is 2.25. The van der Waals surface area contributed by atoms with E-state index in [4.69, 9.17) is 0 Å². The fourth-order valence-electron chi connectivity index (χ4n) is 2.70. The van der Waals surface area contributed by atoms with Crippen molar-refractivity contribution in [2.45, 2.75) is 43.0 Å². The first kappa shape index (κ1) is 12.6. The summed E-state index contributed by atoms with van der Waals surface area (Å²) in [5.74, 6) is -0.0895. The first-order valence-electron chi connectivity index (χ1n) is 6.50. The van der Waals surface area contributed by atoms with E-state index in [2.05, 4.69) is 10.0 Å². The van der Waals surface area contributed by atoms with Crippen molar-refractivity contribution in [1.82, 2.24) is 4.72 Å². The van der Waals surface area contributed by atoms with E-state index in [1.54, 1.807) is 18.2 Å². The molecule has 0 atom stereocenters. The number of benzene rings is 1. The van der Waals surface area contributed by atoms with Crippen molar-refractivity contribution < 1.29 is 13.2 Å².